The lowest BCUT2D eigenvalue weighted by atomic mass is 9.81. The molecule has 3 aromatic rings. The molecule has 2 aliphatic heterocycles. The first kappa shape index (κ1) is 18.9. The van der Waals surface area contributed by atoms with Crippen molar-refractivity contribution in [3.63, 3.8) is 0 Å². The Morgan fingerprint density at radius 2 is 1.67 bits per heavy atom. The first-order valence-corrected chi connectivity index (χ1v) is 10.6. The van der Waals surface area contributed by atoms with E-state index in [1.54, 1.807) is 0 Å². The molecule has 5 rings (SSSR count). The number of hydrogen-bond acceptors (Lipinski definition) is 3. The third-order valence-electron chi connectivity index (χ3n) is 6.74. The van der Waals surface area contributed by atoms with Gasteiger partial charge >= 0.3 is 0 Å². The highest BCUT2D eigenvalue weighted by molar-refractivity contribution is 5.95. The molecule has 0 aliphatic carbocycles. The van der Waals surface area contributed by atoms with E-state index in [-0.39, 0.29) is 30.5 Å². The third kappa shape index (κ3) is 2.99. The molecule has 0 unspecified atom stereocenters. The van der Waals surface area contributed by atoms with Crippen LogP contribution in [-0.4, -0.2) is 42.2 Å². The Morgan fingerprint density at radius 3 is 2.37 bits per heavy atom. The fraction of sp³-hybridized carbons (Fsp3) is 0.269. The van der Waals surface area contributed by atoms with E-state index < -0.39 is 0 Å². The van der Waals surface area contributed by atoms with Crippen molar-refractivity contribution in [2.45, 2.75) is 18.5 Å². The number of likely N-dealkylation sites (N-methyl/N-ethyl adjacent to an activating group) is 1. The predicted molar refractivity (Wildman–Crippen MR) is 119 cm³/mol. The number of benzene rings is 3. The van der Waals surface area contributed by atoms with Crippen LogP contribution in [0, 0.1) is 5.92 Å². The highest BCUT2D eigenvalue weighted by Crippen LogP contribution is 2.49. The summed E-state index contributed by atoms with van der Waals surface area (Å²) in [5.74, 6) is 0.284. The van der Waals surface area contributed by atoms with Crippen LogP contribution >= 0.6 is 0 Å². The van der Waals surface area contributed by atoms with E-state index in [0.717, 1.165) is 23.2 Å². The van der Waals surface area contributed by atoms with Crippen LogP contribution in [0.5, 0.6) is 0 Å². The zero-order chi connectivity index (χ0) is 20.7. The number of likely N-dealkylation sites (tertiary alicyclic amines) is 1. The molecule has 3 atom stereocenters. The number of nitrogens with zero attached hydrogens (tertiary/aromatic N) is 2. The molecule has 3 aromatic carbocycles. The lowest BCUT2D eigenvalue weighted by Crippen LogP contribution is -2.48. The van der Waals surface area contributed by atoms with Crippen molar-refractivity contribution < 1.29 is 9.90 Å². The van der Waals surface area contributed by atoms with Crippen molar-refractivity contribution in [2.24, 2.45) is 5.92 Å². The summed E-state index contributed by atoms with van der Waals surface area (Å²) in [6.45, 7) is 0.799. The number of carbonyl (C=O) groups excluding carboxylic acids is 1. The smallest absolute Gasteiger partial charge is 0.254 e. The summed E-state index contributed by atoms with van der Waals surface area (Å²) in [7, 11) is 2.06. The van der Waals surface area contributed by atoms with Crippen molar-refractivity contribution >= 4 is 11.6 Å². The number of carbonyl (C=O) groups is 1. The van der Waals surface area contributed by atoms with E-state index in [4.69, 9.17) is 0 Å². The molecular formula is C26H26N2O2. The van der Waals surface area contributed by atoms with E-state index in [9.17, 15) is 9.90 Å². The van der Waals surface area contributed by atoms with Crippen LogP contribution in [0.15, 0.2) is 78.9 Å². The maximum absolute atomic E-state index is 13.4. The van der Waals surface area contributed by atoms with Crippen molar-refractivity contribution in [1.82, 2.24) is 4.90 Å². The second-order valence-corrected chi connectivity index (χ2v) is 8.26. The van der Waals surface area contributed by atoms with Crippen molar-refractivity contribution in [3.05, 3.63) is 90.0 Å². The molecular weight excluding hydrogens is 372 g/mol. The van der Waals surface area contributed by atoms with Gasteiger partial charge in [-0.1, -0.05) is 54.6 Å². The zero-order valence-corrected chi connectivity index (χ0v) is 17.1. The Labute approximate surface area is 177 Å². The molecule has 2 heterocycles. The lowest BCUT2D eigenvalue weighted by molar-refractivity contribution is 0.0694. The van der Waals surface area contributed by atoms with Crippen LogP contribution in [0.1, 0.15) is 28.4 Å². The minimum atomic E-state index is -0.0234. The molecule has 30 heavy (non-hydrogen) atoms. The number of amides is 1. The first-order valence-electron chi connectivity index (χ1n) is 10.6. The van der Waals surface area contributed by atoms with Gasteiger partial charge in [0, 0.05) is 30.8 Å². The van der Waals surface area contributed by atoms with Gasteiger partial charge in [-0.3, -0.25) is 4.79 Å². The molecule has 1 fully saturated rings. The Kier molecular flexibility index (Phi) is 4.80. The number of aliphatic hydroxyl groups is 1. The van der Waals surface area contributed by atoms with Crippen molar-refractivity contribution in [2.75, 3.05) is 25.1 Å². The number of fused-ring (bicyclic) bond motifs is 3. The minimum Gasteiger partial charge on any atom is -0.394 e. The monoisotopic (exact) mass is 398 g/mol. The normalized spacial score (nSPS) is 22.5. The van der Waals surface area contributed by atoms with Crippen LogP contribution in [-0.2, 0) is 0 Å². The number of rotatable bonds is 3. The molecule has 4 heteroatoms. The molecule has 0 radical (unpaired) electrons. The molecule has 1 amide bonds. The molecule has 1 N–H and O–H groups in total. The standard InChI is InChI=1S/C26H26N2O2/c1-27-23-13-12-20(18-8-4-2-5-9-18)16-22(23)25-21(24(27)17-29)14-15-28(25)26(30)19-10-6-3-7-11-19/h2-13,16,21,24-25,29H,14-15,17H2,1H3/t21-,24+,25-/m0/s1. The van der Waals surface area contributed by atoms with Crippen molar-refractivity contribution in [3.8, 4) is 11.1 Å². The first-order chi connectivity index (χ1) is 14.7. The maximum atomic E-state index is 13.4. The summed E-state index contributed by atoms with van der Waals surface area (Å²) < 4.78 is 0. The largest absolute Gasteiger partial charge is 0.394 e. The second kappa shape index (κ2) is 7.62. The number of hydrogen-bond donors (Lipinski definition) is 1. The molecule has 0 bridgehead atoms. The van der Waals surface area contributed by atoms with E-state index >= 15 is 0 Å². The Morgan fingerprint density at radius 1 is 0.967 bits per heavy atom. The van der Waals surface area contributed by atoms with Gasteiger partial charge in [0.2, 0.25) is 0 Å². The van der Waals surface area contributed by atoms with Gasteiger partial charge in [0.25, 0.3) is 5.91 Å². The van der Waals surface area contributed by atoms with Gasteiger partial charge < -0.3 is 14.9 Å². The summed E-state index contributed by atoms with van der Waals surface area (Å²) in [6, 6.07) is 26.4. The van der Waals surface area contributed by atoms with E-state index in [1.165, 1.54) is 11.1 Å². The molecule has 2 aliphatic rings. The SMILES string of the molecule is CN1c2ccc(-c3ccccc3)cc2[C@@H]2[C@@H](CCN2C(=O)c2ccccc2)[C@H]1CO. The lowest BCUT2D eigenvalue weighted by Gasteiger charge is -2.44. The van der Waals surface area contributed by atoms with Crippen LogP contribution in [0.3, 0.4) is 0 Å². The van der Waals surface area contributed by atoms with Crippen LogP contribution in [0.25, 0.3) is 11.1 Å². The van der Waals surface area contributed by atoms with Gasteiger partial charge in [-0.25, -0.2) is 0 Å². The Bertz CT molecular complexity index is 1050. The van der Waals surface area contributed by atoms with Crippen LogP contribution in [0.2, 0.25) is 0 Å². The Balaban J connectivity index is 1.61. The maximum Gasteiger partial charge on any atom is 0.254 e. The average molecular weight is 399 g/mol. The van der Waals surface area contributed by atoms with Crippen LogP contribution < -0.4 is 4.90 Å². The molecule has 1 saturated heterocycles. The van der Waals surface area contributed by atoms with Gasteiger partial charge in [0.05, 0.1) is 18.7 Å². The van der Waals surface area contributed by atoms with Gasteiger partial charge in [-0.2, -0.15) is 0 Å². The zero-order valence-electron chi connectivity index (χ0n) is 17.1. The minimum absolute atomic E-state index is 0.0126. The van der Waals surface area contributed by atoms with Gasteiger partial charge in [0.15, 0.2) is 0 Å². The highest BCUT2D eigenvalue weighted by atomic mass is 16.3. The highest BCUT2D eigenvalue weighted by Gasteiger charge is 2.47. The third-order valence-corrected chi connectivity index (χ3v) is 6.74. The average Bonchev–Trinajstić information content (AvgIpc) is 3.25. The summed E-state index contributed by atoms with van der Waals surface area (Å²) in [4.78, 5) is 17.6. The summed E-state index contributed by atoms with van der Waals surface area (Å²) in [6.07, 6.45) is 0.897. The number of aliphatic hydroxyl groups excluding tert-OH is 1. The Hall–Kier alpha value is -3.11. The van der Waals surface area contributed by atoms with Gasteiger partial charge in [-0.15, -0.1) is 0 Å². The molecule has 0 spiro atoms. The fourth-order valence-corrected chi connectivity index (χ4v) is 5.24. The summed E-state index contributed by atoms with van der Waals surface area (Å²) >= 11 is 0. The summed E-state index contributed by atoms with van der Waals surface area (Å²) in [5.41, 5.74) is 5.32. The van der Waals surface area contributed by atoms with E-state index in [0.29, 0.717) is 6.54 Å². The second-order valence-electron chi connectivity index (χ2n) is 8.26. The quantitative estimate of drug-likeness (QED) is 0.713. The van der Waals surface area contributed by atoms with Crippen molar-refractivity contribution in [1.29, 1.82) is 0 Å². The van der Waals surface area contributed by atoms with E-state index in [1.807, 2.05) is 53.4 Å². The molecule has 0 saturated carbocycles. The van der Waals surface area contributed by atoms with E-state index in [2.05, 4.69) is 42.3 Å². The number of anilines is 1. The molecule has 152 valence electrons. The predicted octanol–water partition coefficient (Wildman–Crippen LogP) is 4.37. The van der Waals surface area contributed by atoms with Gasteiger partial charge in [-0.05, 0) is 47.4 Å². The summed E-state index contributed by atoms with van der Waals surface area (Å²) in [5, 5.41) is 10.2. The molecule has 4 nitrogen and oxygen atoms in total. The topological polar surface area (TPSA) is 43.8 Å². The van der Waals surface area contributed by atoms with Gasteiger partial charge in [0.1, 0.15) is 0 Å². The fourth-order valence-electron chi connectivity index (χ4n) is 5.24. The molecule has 0 aromatic heterocycles. The van der Waals surface area contributed by atoms with Crippen LogP contribution in [0.4, 0.5) is 5.69 Å².